The minimum absolute atomic E-state index is 0.00161. The Labute approximate surface area is 180 Å². The lowest BCUT2D eigenvalue weighted by molar-refractivity contribution is 0.312. The Hall–Kier alpha value is -2.01. The molecule has 3 heterocycles. The molecule has 0 atom stereocenters. The molecule has 0 N–H and O–H groups in total. The lowest BCUT2D eigenvalue weighted by Crippen LogP contribution is -2.49. The van der Waals surface area contributed by atoms with E-state index in [-0.39, 0.29) is 9.92 Å². The fourth-order valence-electron chi connectivity index (χ4n) is 3.66. The Kier molecular flexibility index (Phi) is 6.10. The summed E-state index contributed by atoms with van der Waals surface area (Å²) >= 11 is 5.76. The van der Waals surface area contributed by atoms with E-state index in [1.54, 1.807) is 6.33 Å². The van der Waals surface area contributed by atoms with Gasteiger partial charge in [0.15, 0.2) is 0 Å². The van der Waals surface area contributed by atoms with E-state index < -0.39 is 15.8 Å². The molecule has 11 heteroatoms. The van der Waals surface area contributed by atoms with Crippen LogP contribution in [0.3, 0.4) is 0 Å². The number of sulfonamides is 1. The number of hydrogen-bond acceptors (Lipinski definition) is 7. The molecule has 2 aromatic rings. The molecular weight excluding hydrogens is 431 g/mol. The van der Waals surface area contributed by atoms with Gasteiger partial charge in [0.2, 0.25) is 10.0 Å². The van der Waals surface area contributed by atoms with Crippen LogP contribution in [0.4, 0.5) is 16.0 Å². The molecule has 2 aliphatic heterocycles. The molecule has 162 valence electrons. The minimum atomic E-state index is -3.73. The van der Waals surface area contributed by atoms with Crippen LogP contribution in [0.5, 0.6) is 0 Å². The molecule has 0 saturated carbocycles. The van der Waals surface area contributed by atoms with Crippen LogP contribution < -0.4 is 9.80 Å². The predicted octanol–water partition coefficient (Wildman–Crippen LogP) is 1.53. The van der Waals surface area contributed by atoms with Gasteiger partial charge in [0.1, 0.15) is 23.8 Å². The summed E-state index contributed by atoms with van der Waals surface area (Å²) in [6.45, 7) is 5.45. The number of anilines is 2. The molecule has 2 aliphatic rings. The zero-order valence-electron chi connectivity index (χ0n) is 16.7. The third-order valence-corrected chi connectivity index (χ3v) is 7.74. The number of halogens is 2. The number of nitrogens with zero attached hydrogens (tertiary/aromatic N) is 6. The molecule has 8 nitrogen and oxygen atoms in total. The lowest BCUT2D eigenvalue weighted by atomic mass is 10.3. The van der Waals surface area contributed by atoms with Crippen LogP contribution in [-0.4, -0.2) is 87.0 Å². The largest absolute Gasteiger partial charge is 0.354 e. The highest BCUT2D eigenvalue weighted by molar-refractivity contribution is 7.89. The van der Waals surface area contributed by atoms with Crippen LogP contribution in [0.1, 0.15) is 0 Å². The molecule has 0 spiro atoms. The SMILES string of the molecule is CN1CCN(c2cc(N3CCN(S(=O)(=O)c4ccc(F)c(Cl)c4)CC3)ncn2)CC1. The molecule has 2 saturated heterocycles. The fourth-order valence-corrected chi connectivity index (χ4v) is 5.36. The van der Waals surface area contributed by atoms with Crippen LogP contribution in [0.2, 0.25) is 5.02 Å². The first kappa shape index (κ1) is 21.2. The van der Waals surface area contributed by atoms with Crippen molar-refractivity contribution in [1.82, 2.24) is 19.2 Å². The van der Waals surface area contributed by atoms with E-state index in [1.807, 2.05) is 6.07 Å². The Morgan fingerprint density at radius 1 is 0.900 bits per heavy atom. The number of rotatable bonds is 4. The topological polar surface area (TPSA) is 72.9 Å². The van der Waals surface area contributed by atoms with E-state index in [1.165, 1.54) is 10.4 Å². The molecule has 4 rings (SSSR count). The van der Waals surface area contributed by atoms with Gasteiger partial charge in [0.25, 0.3) is 0 Å². The van der Waals surface area contributed by atoms with Crippen molar-refractivity contribution in [3.05, 3.63) is 41.4 Å². The predicted molar refractivity (Wildman–Crippen MR) is 114 cm³/mol. The molecule has 0 amide bonds. The van der Waals surface area contributed by atoms with E-state index in [0.29, 0.717) is 26.2 Å². The summed E-state index contributed by atoms with van der Waals surface area (Å²) in [5.41, 5.74) is 0. The van der Waals surface area contributed by atoms with Crippen molar-refractivity contribution >= 4 is 33.3 Å². The molecule has 0 bridgehead atoms. The monoisotopic (exact) mass is 454 g/mol. The van der Waals surface area contributed by atoms with Crippen molar-refractivity contribution in [2.45, 2.75) is 4.90 Å². The summed E-state index contributed by atoms with van der Waals surface area (Å²) in [6, 6.07) is 5.45. The second-order valence-corrected chi connectivity index (χ2v) is 9.84. The summed E-state index contributed by atoms with van der Waals surface area (Å²) in [5.74, 6) is 1.05. The molecule has 30 heavy (non-hydrogen) atoms. The highest BCUT2D eigenvalue weighted by Crippen LogP contribution is 2.25. The van der Waals surface area contributed by atoms with Crippen molar-refractivity contribution in [3.8, 4) is 0 Å². The summed E-state index contributed by atoms with van der Waals surface area (Å²) in [5, 5.41) is -0.202. The first-order valence-electron chi connectivity index (χ1n) is 9.80. The second kappa shape index (κ2) is 8.62. The van der Waals surface area contributed by atoms with Crippen molar-refractivity contribution in [2.24, 2.45) is 0 Å². The van der Waals surface area contributed by atoms with Crippen LogP contribution in [-0.2, 0) is 10.0 Å². The van der Waals surface area contributed by atoms with E-state index in [0.717, 1.165) is 49.9 Å². The van der Waals surface area contributed by atoms with Crippen LogP contribution in [0.15, 0.2) is 35.5 Å². The summed E-state index contributed by atoms with van der Waals surface area (Å²) in [6.07, 6.45) is 1.56. The average Bonchev–Trinajstić information content (AvgIpc) is 2.76. The highest BCUT2D eigenvalue weighted by Gasteiger charge is 2.29. The van der Waals surface area contributed by atoms with Gasteiger partial charge in [0, 0.05) is 58.4 Å². The maximum atomic E-state index is 13.4. The Balaban J connectivity index is 1.43. The third-order valence-electron chi connectivity index (χ3n) is 5.56. The summed E-state index contributed by atoms with van der Waals surface area (Å²) < 4.78 is 40.5. The van der Waals surface area contributed by atoms with Gasteiger partial charge in [-0.15, -0.1) is 0 Å². The minimum Gasteiger partial charge on any atom is -0.354 e. The van der Waals surface area contributed by atoms with Crippen molar-refractivity contribution in [3.63, 3.8) is 0 Å². The standard InChI is InChI=1S/C19H24ClFN6O2S/c1-24-4-6-25(7-5-24)18-13-19(23-14-22-18)26-8-10-27(11-9-26)30(28,29)15-2-3-17(21)16(20)12-15/h2-3,12-14H,4-11H2,1H3. The van der Waals surface area contributed by atoms with Crippen molar-refractivity contribution in [1.29, 1.82) is 0 Å². The van der Waals surface area contributed by atoms with Gasteiger partial charge in [-0.1, -0.05) is 11.6 Å². The van der Waals surface area contributed by atoms with Gasteiger partial charge in [0.05, 0.1) is 9.92 Å². The number of benzene rings is 1. The van der Waals surface area contributed by atoms with E-state index >= 15 is 0 Å². The normalized spacial score (nSPS) is 19.3. The van der Waals surface area contributed by atoms with Crippen LogP contribution >= 0.6 is 11.6 Å². The van der Waals surface area contributed by atoms with E-state index in [4.69, 9.17) is 11.6 Å². The molecule has 0 aliphatic carbocycles. The first-order chi connectivity index (χ1) is 14.3. The lowest BCUT2D eigenvalue weighted by Gasteiger charge is -2.36. The number of piperazine rings is 2. The van der Waals surface area contributed by atoms with Gasteiger partial charge >= 0.3 is 0 Å². The van der Waals surface area contributed by atoms with E-state index in [2.05, 4.69) is 31.7 Å². The number of hydrogen-bond donors (Lipinski definition) is 0. The van der Waals surface area contributed by atoms with Gasteiger partial charge in [-0.25, -0.2) is 22.8 Å². The van der Waals surface area contributed by atoms with Gasteiger partial charge in [-0.05, 0) is 25.2 Å². The fraction of sp³-hybridized carbons (Fsp3) is 0.474. The Morgan fingerprint density at radius 2 is 1.47 bits per heavy atom. The van der Waals surface area contributed by atoms with Gasteiger partial charge in [-0.2, -0.15) is 4.31 Å². The zero-order valence-corrected chi connectivity index (χ0v) is 18.3. The highest BCUT2D eigenvalue weighted by atomic mass is 35.5. The quantitative estimate of drug-likeness (QED) is 0.693. The maximum Gasteiger partial charge on any atom is 0.243 e. The molecule has 1 aromatic carbocycles. The van der Waals surface area contributed by atoms with E-state index in [9.17, 15) is 12.8 Å². The molecule has 2 fully saturated rings. The van der Waals surface area contributed by atoms with Crippen molar-refractivity contribution < 1.29 is 12.8 Å². The third kappa shape index (κ3) is 4.36. The molecular formula is C19H24ClFN6O2S. The number of likely N-dealkylation sites (N-methyl/N-ethyl adjacent to an activating group) is 1. The Bertz CT molecular complexity index is 1010. The number of aromatic nitrogens is 2. The van der Waals surface area contributed by atoms with Gasteiger partial charge < -0.3 is 14.7 Å². The maximum absolute atomic E-state index is 13.4. The first-order valence-corrected chi connectivity index (χ1v) is 11.6. The van der Waals surface area contributed by atoms with Crippen LogP contribution in [0.25, 0.3) is 0 Å². The van der Waals surface area contributed by atoms with Crippen molar-refractivity contribution in [2.75, 3.05) is 69.2 Å². The second-order valence-electron chi connectivity index (χ2n) is 7.49. The summed E-state index contributed by atoms with van der Waals surface area (Å²) in [7, 11) is -1.62. The molecule has 1 aromatic heterocycles. The molecule has 0 radical (unpaired) electrons. The van der Waals surface area contributed by atoms with Gasteiger partial charge in [-0.3, -0.25) is 0 Å². The molecule has 0 unspecified atom stereocenters. The smallest absolute Gasteiger partial charge is 0.243 e. The average molecular weight is 455 g/mol. The Morgan fingerprint density at radius 3 is 2.03 bits per heavy atom. The zero-order chi connectivity index (χ0) is 21.3. The van der Waals surface area contributed by atoms with Crippen LogP contribution in [0, 0.1) is 5.82 Å². The summed E-state index contributed by atoms with van der Waals surface area (Å²) in [4.78, 5) is 15.4.